The molecule has 3 aromatic rings. The average molecular weight is 371 g/mol. The van der Waals surface area contributed by atoms with Crippen LogP contribution in [0.5, 0.6) is 0 Å². The predicted molar refractivity (Wildman–Crippen MR) is 98.2 cm³/mol. The highest BCUT2D eigenvalue weighted by molar-refractivity contribution is 5.85. The Kier molecular flexibility index (Phi) is 5.48. The fraction of sp³-hybridized carbons (Fsp3) is 0.316. The van der Waals surface area contributed by atoms with Crippen molar-refractivity contribution in [2.45, 2.75) is 32.0 Å². The highest BCUT2D eigenvalue weighted by atomic mass is 19.1. The number of fused-ring (bicyclic) bond motifs is 1. The monoisotopic (exact) mass is 371 g/mol. The molecule has 0 bridgehead atoms. The molecule has 0 fully saturated rings. The Morgan fingerprint density at radius 3 is 2.67 bits per heavy atom. The fourth-order valence-electron chi connectivity index (χ4n) is 2.54. The molecule has 142 valence electrons. The van der Waals surface area contributed by atoms with Gasteiger partial charge in [0.2, 0.25) is 11.9 Å². The summed E-state index contributed by atoms with van der Waals surface area (Å²) >= 11 is 0. The molecule has 0 saturated carbocycles. The second-order valence-corrected chi connectivity index (χ2v) is 6.85. The molecule has 3 rings (SSSR count). The van der Waals surface area contributed by atoms with E-state index in [-0.39, 0.29) is 12.4 Å². The zero-order valence-corrected chi connectivity index (χ0v) is 15.2. The van der Waals surface area contributed by atoms with Crippen LogP contribution in [0.2, 0.25) is 0 Å². The number of amides is 1. The van der Waals surface area contributed by atoms with E-state index >= 15 is 0 Å². The van der Waals surface area contributed by atoms with Gasteiger partial charge < -0.3 is 15.8 Å². The fourth-order valence-corrected chi connectivity index (χ4v) is 2.54. The molecule has 2 heterocycles. The number of halogens is 1. The van der Waals surface area contributed by atoms with Crippen molar-refractivity contribution in [1.29, 1.82) is 0 Å². The molecular weight excluding hydrogens is 349 g/mol. The van der Waals surface area contributed by atoms with Crippen molar-refractivity contribution in [3.05, 3.63) is 65.9 Å². The Labute approximate surface area is 156 Å². The highest BCUT2D eigenvalue weighted by Crippen LogP contribution is 2.17. The van der Waals surface area contributed by atoms with Crippen molar-refractivity contribution in [2.75, 3.05) is 6.61 Å². The van der Waals surface area contributed by atoms with Crippen LogP contribution in [0.1, 0.15) is 31.3 Å². The van der Waals surface area contributed by atoms with Crippen molar-refractivity contribution < 1.29 is 13.9 Å². The van der Waals surface area contributed by atoms with E-state index in [1.54, 1.807) is 26.0 Å². The van der Waals surface area contributed by atoms with E-state index in [0.717, 1.165) is 5.56 Å². The smallest absolute Gasteiger partial charge is 0.240 e. The van der Waals surface area contributed by atoms with Gasteiger partial charge in [-0.3, -0.25) is 9.20 Å². The van der Waals surface area contributed by atoms with Crippen molar-refractivity contribution in [3.8, 4) is 0 Å². The number of nitrogens with one attached hydrogen (secondary N) is 1. The van der Waals surface area contributed by atoms with Crippen LogP contribution in [0.4, 0.5) is 4.39 Å². The molecule has 1 aromatic carbocycles. The predicted octanol–water partition coefficient (Wildman–Crippen LogP) is 1.98. The van der Waals surface area contributed by atoms with E-state index < -0.39 is 23.4 Å². The van der Waals surface area contributed by atoms with Gasteiger partial charge in [0.05, 0.1) is 18.8 Å². The van der Waals surface area contributed by atoms with Crippen LogP contribution in [0.15, 0.2) is 48.5 Å². The van der Waals surface area contributed by atoms with Gasteiger partial charge in [-0.15, -0.1) is 10.2 Å². The first-order chi connectivity index (χ1) is 12.9. The van der Waals surface area contributed by atoms with E-state index in [1.807, 2.05) is 30.3 Å². The molecule has 0 aliphatic carbocycles. The molecule has 3 N–H and O–H groups in total. The quantitative estimate of drug-likeness (QED) is 0.619. The second-order valence-electron chi connectivity index (χ2n) is 6.85. The van der Waals surface area contributed by atoms with Gasteiger partial charge in [-0.05, 0) is 31.5 Å². The Balaban J connectivity index is 1.83. The molecular formula is C19H22FN5O2. The number of rotatable bonds is 7. The maximum Gasteiger partial charge on any atom is 0.240 e. The topological polar surface area (TPSA) is 94.5 Å². The Hall–Kier alpha value is -2.84. The molecule has 0 radical (unpaired) electrons. The normalized spacial score (nSPS) is 12.9. The minimum Gasteiger partial charge on any atom is -0.374 e. The first kappa shape index (κ1) is 18.9. The van der Waals surface area contributed by atoms with E-state index in [0.29, 0.717) is 12.3 Å². The lowest BCUT2D eigenvalue weighted by Gasteiger charge is -2.23. The molecule has 0 aliphatic heterocycles. The third-order valence-electron chi connectivity index (χ3n) is 4.00. The van der Waals surface area contributed by atoms with Crippen LogP contribution in [0.25, 0.3) is 5.65 Å². The minimum absolute atomic E-state index is 0.0891. The molecule has 2 aromatic heterocycles. The zero-order valence-electron chi connectivity index (χ0n) is 15.2. The molecule has 0 unspecified atom stereocenters. The van der Waals surface area contributed by atoms with Crippen molar-refractivity contribution >= 4 is 11.6 Å². The van der Waals surface area contributed by atoms with Crippen LogP contribution >= 0.6 is 0 Å². The standard InChI is InChI=1S/C19H22FN5O2/c1-19(2,21)18(26)22-14(12-27-11-13-7-4-3-5-8-13)17-24-23-16-10-6-9-15(20)25(16)17/h3-10,14H,11-12,21H2,1-2H3,(H,22,26)/t14-/m1/s1. The Morgan fingerprint density at radius 2 is 1.96 bits per heavy atom. The van der Waals surface area contributed by atoms with Gasteiger partial charge in [-0.2, -0.15) is 4.39 Å². The van der Waals surface area contributed by atoms with Gasteiger partial charge in [0.25, 0.3) is 0 Å². The zero-order chi connectivity index (χ0) is 19.4. The third kappa shape index (κ3) is 4.47. The van der Waals surface area contributed by atoms with Crippen LogP contribution < -0.4 is 11.1 Å². The summed E-state index contributed by atoms with van der Waals surface area (Å²) in [5, 5.41) is 10.8. The van der Waals surface area contributed by atoms with E-state index in [4.69, 9.17) is 10.5 Å². The van der Waals surface area contributed by atoms with Gasteiger partial charge in [-0.25, -0.2) is 0 Å². The second kappa shape index (κ2) is 7.81. The summed E-state index contributed by atoms with van der Waals surface area (Å²) in [6.07, 6.45) is 0. The number of carbonyl (C=O) groups excluding carboxylic acids is 1. The van der Waals surface area contributed by atoms with Crippen LogP contribution in [-0.4, -0.2) is 32.7 Å². The van der Waals surface area contributed by atoms with Crippen LogP contribution in [-0.2, 0) is 16.1 Å². The van der Waals surface area contributed by atoms with E-state index in [9.17, 15) is 9.18 Å². The van der Waals surface area contributed by atoms with Crippen molar-refractivity contribution in [2.24, 2.45) is 5.73 Å². The summed E-state index contributed by atoms with van der Waals surface area (Å²) in [6, 6.07) is 13.4. The van der Waals surface area contributed by atoms with Gasteiger partial charge in [0, 0.05) is 0 Å². The van der Waals surface area contributed by atoms with Gasteiger partial charge >= 0.3 is 0 Å². The average Bonchev–Trinajstić information content (AvgIpc) is 3.06. The first-order valence-electron chi connectivity index (χ1n) is 8.57. The summed E-state index contributed by atoms with van der Waals surface area (Å²) in [5.41, 5.74) is 6.10. The molecule has 27 heavy (non-hydrogen) atoms. The largest absolute Gasteiger partial charge is 0.374 e. The Morgan fingerprint density at radius 1 is 1.22 bits per heavy atom. The number of pyridine rings is 1. The summed E-state index contributed by atoms with van der Waals surface area (Å²) in [5.74, 6) is -0.681. The molecule has 0 aliphatic rings. The van der Waals surface area contributed by atoms with Gasteiger partial charge in [0.1, 0.15) is 6.04 Å². The summed E-state index contributed by atoms with van der Waals surface area (Å²) in [6.45, 7) is 3.61. The highest BCUT2D eigenvalue weighted by Gasteiger charge is 2.28. The summed E-state index contributed by atoms with van der Waals surface area (Å²) < 4.78 is 21.3. The SMILES string of the molecule is CC(C)(N)C(=O)N[C@H](COCc1ccccc1)c1nnc2cccc(F)n12. The molecule has 7 nitrogen and oxygen atoms in total. The molecule has 1 atom stereocenters. The number of hydrogen-bond donors (Lipinski definition) is 2. The lowest BCUT2D eigenvalue weighted by Crippen LogP contribution is -2.51. The summed E-state index contributed by atoms with van der Waals surface area (Å²) in [7, 11) is 0. The lowest BCUT2D eigenvalue weighted by atomic mass is 10.1. The summed E-state index contributed by atoms with van der Waals surface area (Å²) in [4.78, 5) is 12.4. The maximum atomic E-state index is 14.3. The number of nitrogens with two attached hydrogens (primary N) is 1. The van der Waals surface area contributed by atoms with Crippen molar-refractivity contribution in [1.82, 2.24) is 19.9 Å². The molecule has 0 saturated heterocycles. The molecule has 0 spiro atoms. The number of nitrogens with zero attached hydrogens (tertiary/aromatic N) is 3. The van der Waals surface area contributed by atoms with Crippen molar-refractivity contribution in [3.63, 3.8) is 0 Å². The van der Waals surface area contributed by atoms with Crippen LogP contribution in [0, 0.1) is 5.95 Å². The number of hydrogen-bond acceptors (Lipinski definition) is 5. The number of carbonyl (C=O) groups is 1. The first-order valence-corrected chi connectivity index (χ1v) is 8.57. The maximum absolute atomic E-state index is 14.3. The molecule has 8 heteroatoms. The third-order valence-corrected chi connectivity index (χ3v) is 4.00. The molecule has 1 amide bonds. The van der Waals surface area contributed by atoms with Crippen LogP contribution in [0.3, 0.4) is 0 Å². The van der Waals surface area contributed by atoms with E-state index in [2.05, 4.69) is 15.5 Å². The minimum atomic E-state index is -1.10. The Bertz CT molecular complexity index is 921. The number of benzene rings is 1. The van der Waals surface area contributed by atoms with Gasteiger partial charge in [0.15, 0.2) is 11.5 Å². The number of ether oxygens (including phenoxy) is 1. The van der Waals surface area contributed by atoms with E-state index in [1.165, 1.54) is 10.5 Å². The number of aromatic nitrogens is 3. The lowest BCUT2D eigenvalue weighted by molar-refractivity contribution is -0.126. The van der Waals surface area contributed by atoms with Gasteiger partial charge in [-0.1, -0.05) is 36.4 Å².